The highest BCUT2D eigenvalue weighted by Crippen LogP contribution is 2.65. The monoisotopic (exact) mass is 286 g/mol. The van der Waals surface area contributed by atoms with E-state index in [1.54, 1.807) is 6.07 Å². The quantitative estimate of drug-likeness (QED) is 0.889. The van der Waals surface area contributed by atoms with Gasteiger partial charge in [0.15, 0.2) is 0 Å². The second kappa shape index (κ2) is 4.49. The summed E-state index contributed by atoms with van der Waals surface area (Å²) in [5.74, 6) is 0.454. The molecule has 2 bridgehead atoms. The number of anilines is 1. The maximum Gasteiger partial charge on any atom is 0.249 e. The fourth-order valence-electron chi connectivity index (χ4n) is 4.67. The largest absolute Gasteiger partial charge is 0.381 e. The molecule has 3 atom stereocenters. The molecule has 1 amide bonds. The smallest absolute Gasteiger partial charge is 0.249 e. The number of benzene rings is 1. The zero-order valence-electron chi connectivity index (χ0n) is 13.5. The Hall–Kier alpha value is -1.51. The minimum atomic E-state index is -0.351. The third-order valence-electron chi connectivity index (χ3n) is 6.72. The maximum atomic E-state index is 11.5. The molecule has 2 aliphatic carbocycles. The molecule has 1 aromatic rings. The fraction of sp³-hybridized carbons (Fsp3) is 0.611. The molecule has 0 saturated heterocycles. The third-order valence-corrected chi connectivity index (χ3v) is 6.72. The van der Waals surface area contributed by atoms with Crippen molar-refractivity contribution in [2.24, 2.45) is 22.5 Å². The van der Waals surface area contributed by atoms with Gasteiger partial charge in [0.1, 0.15) is 0 Å². The molecule has 2 saturated carbocycles. The van der Waals surface area contributed by atoms with Gasteiger partial charge in [-0.15, -0.1) is 0 Å². The Morgan fingerprint density at radius 1 is 1.33 bits per heavy atom. The predicted molar refractivity (Wildman–Crippen MR) is 86.3 cm³/mol. The van der Waals surface area contributed by atoms with Crippen LogP contribution in [0.2, 0.25) is 0 Å². The summed E-state index contributed by atoms with van der Waals surface area (Å²) in [6, 6.07) is 6.25. The summed E-state index contributed by atoms with van der Waals surface area (Å²) in [7, 11) is 0. The molecule has 0 aliphatic heterocycles. The number of nitrogens with two attached hydrogens (primary N) is 1. The summed E-state index contributed by atoms with van der Waals surface area (Å²) in [6.07, 6.45) is 3.86. The molecule has 3 rings (SSSR count). The van der Waals surface area contributed by atoms with Gasteiger partial charge in [-0.05, 0) is 60.6 Å². The summed E-state index contributed by atoms with van der Waals surface area (Å²) in [4.78, 5) is 11.5. The lowest BCUT2D eigenvalue weighted by molar-refractivity contribution is 0.0999. The van der Waals surface area contributed by atoms with Crippen molar-refractivity contribution >= 4 is 11.6 Å². The second-order valence-corrected chi connectivity index (χ2v) is 7.65. The van der Waals surface area contributed by atoms with Crippen molar-refractivity contribution in [2.75, 3.05) is 5.32 Å². The maximum absolute atomic E-state index is 11.5. The summed E-state index contributed by atoms with van der Waals surface area (Å²) in [5, 5.41) is 3.72. The van der Waals surface area contributed by atoms with Gasteiger partial charge in [-0.2, -0.15) is 0 Å². The summed E-state index contributed by atoms with van der Waals surface area (Å²) < 4.78 is 0. The first-order valence-electron chi connectivity index (χ1n) is 7.93. The normalized spacial score (nSPS) is 33.1. The van der Waals surface area contributed by atoms with Gasteiger partial charge in [-0.3, -0.25) is 4.79 Å². The van der Waals surface area contributed by atoms with Crippen LogP contribution in [0.25, 0.3) is 0 Å². The Kier molecular flexibility index (Phi) is 3.09. The first-order valence-corrected chi connectivity index (χ1v) is 7.93. The van der Waals surface area contributed by atoms with Gasteiger partial charge in [-0.25, -0.2) is 0 Å². The van der Waals surface area contributed by atoms with Crippen molar-refractivity contribution in [1.29, 1.82) is 0 Å². The lowest BCUT2D eigenvalue weighted by Crippen LogP contribution is -2.40. The number of amides is 1. The predicted octanol–water partition coefficient (Wildman–Crippen LogP) is 3.72. The molecule has 21 heavy (non-hydrogen) atoms. The highest BCUT2D eigenvalue weighted by atomic mass is 16.1. The van der Waals surface area contributed by atoms with Gasteiger partial charge < -0.3 is 11.1 Å². The van der Waals surface area contributed by atoms with Crippen molar-refractivity contribution < 1.29 is 4.79 Å². The van der Waals surface area contributed by atoms with Gasteiger partial charge in [0, 0.05) is 17.3 Å². The molecule has 3 N–H and O–H groups in total. The van der Waals surface area contributed by atoms with Crippen LogP contribution in [0.15, 0.2) is 18.2 Å². The van der Waals surface area contributed by atoms with Crippen molar-refractivity contribution in [2.45, 2.75) is 53.0 Å². The number of carbonyl (C=O) groups excluding carboxylic acids is 1. The van der Waals surface area contributed by atoms with Crippen LogP contribution in [0, 0.1) is 23.7 Å². The first kappa shape index (κ1) is 14.4. The number of primary amides is 1. The zero-order chi connectivity index (χ0) is 15.4. The van der Waals surface area contributed by atoms with Crippen LogP contribution in [0.1, 0.15) is 56.0 Å². The molecule has 3 unspecified atom stereocenters. The number of rotatable bonds is 3. The molecule has 2 aliphatic rings. The van der Waals surface area contributed by atoms with Crippen LogP contribution in [-0.4, -0.2) is 11.9 Å². The molecule has 0 spiro atoms. The van der Waals surface area contributed by atoms with Crippen LogP contribution in [-0.2, 0) is 0 Å². The molecule has 2 fully saturated rings. The van der Waals surface area contributed by atoms with Crippen LogP contribution in [0.4, 0.5) is 5.69 Å². The van der Waals surface area contributed by atoms with Gasteiger partial charge >= 0.3 is 0 Å². The highest BCUT2D eigenvalue weighted by Gasteiger charge is 2.61. The Bertz CT molecular complexity index is 593. The molecule has 3 nitrogen and oxygen atoms in total. The summed E-state index contributed by atoms with van der Waals surface area (Å²) >= 11 is 0. The van der Waals surface area contributed by atoms with E-state index in [-0.39, 0.29) is 5.91 Å². The van der Waals surface area contributed by atoms with Crippen LogP contribution >= 0.6 is 0 Å². The molecular weight excluding hydrogens is 260 g/mol. The average molecular weight is 286 g/mol. The van der Waals surface area contributed by atoms with E-state index in [0.717, 1.165) is 17.2 Å². The van der Waals surface area contributed by atoms with Crippen molar-refractivity contribution in [3.8, 4) is 0 Å². The third kappa shape index (κ3) is 1.90. The SMILES string of the molecule is Cc1c(NC2CC3CCC2(C)C3(C)C)cccc1C(N)=O. The van der Waals surface area contributed by atoms with E-state index in [1.165, 1.54) is 19.3 Å². The fourth-order valence-corrected chi connectivity index (χ4v) is 4.67. The number of fused-ring (bicyclic) bond motifs is 2. The Morgan fingerprint density at radius 2 is 2.05 bits per heavy atom. The number of hydrogen-bond donors (Lipinski definition) is 2. The van der Waals surface area contributed by atoms with Crippen LogP contribution in [0.3, 0.4) is 0 Å². The minimum Gasteiger partial charge on any atom is -0.381 e. The first-order chi connectivity index (χ1) is 9.77. The lowest BCUT2D eigenvalue weighted by Gasteiger charge is -2.40. The van der Waals surface area contributed by atoms with Gasteiger partial charge in [0.05, 0.1) is 0 Å². The van der Waals surface area contributed by atoms with Crippen LogP contribution in [0.5, 0.6) is 0 Å². The van der Waals surface area contributed by atoms with E-state index in [2.05, 4.69) is 32.2 Å². The van der Waals surface area contributed by atoms with E-state index in [9.17, 15) is 4.79 Å². The Morgan fingerprint density at radius 3 is 2.57 bits per heavy atom. The molecule has 114 valence electrons. The standard InChI is InChI=1S/C18H26N2O/c1-11-13(16(19)21)6-5-7-14(11)20-15-10-12-8-9-18(15,4)17(12,2)3/h5-7,12,15,20H,8-10H2,1-4H3,(H2,19,21). The van der Waals surface area contributed by atoms with Crippen molar-refractivity contribution in [3.63, 3.8) is 0 Å². The van der Waals surface area contributed by atoms with Gasteiger partial charge in [0.2, 0.25) is 5.91 Å². The van der Waals surface area contributed by atoms with E-state index < -0.39 is 0 Å². The minimum absolute atomic E-state index is 0.326. The van der Waals surface area contributed by atoms with E-state index >= 15 is 0 Å². The van der Waals surface area contributed by atoms with Gasteiger partial charge in [0.25, 0.3) is 0 Å². The van der Waals surface area contributed by atoms with Crippen molar-refractivity contribution in [3.05, 3.63) is 29.3 Å². The number of carbonyl (C=O) groups is 1. The van der Waals surface area contributed by atoms with Gasteiger partial charge in [-0.1, -0.05) is 26.8 Å². The van der Waals surface area contributed by atoms with Crippen molar-refractivity contribution in [1.82, 2.24) is 0 Å². The molecule has 0 radical (unpaired) electrons. The topological polar surface area (TPSA) is 55.1 Å². The van der Waals surface area contributed by atoms with E-state index in [1.807, 2.05) is 13.0 Å². The second-order valence-electron chi connectivity index (χ2n) is 7.65. The molecule has 0 heterocycles. The molecular formula is C18H26N2O. The summed E-state index contributed by atoms with van der Waals surface area (Å²) in [5.41, 5.74) is 8.81. The highest BCUT2D eigenvalue weighted by molar-refractivity contribution is 5.95. The molecule has 1 aromatic carbocycles. The zero-order valence-corrected chi connectivity index (χ0v) is 13.5. The molecule has 3 heteroatoms. The van der Waals surface area contributed by atoms with Crippen LogP contribution < -0.4 is 11.1 Å². The van der Waals surface area contributed by atoms with E-state index in [4.69, 9.17) is 5.73 Å². The average Bonchev–Trinajstić information content (AvgIpc) is 2.74. The van der Waals surface area contributed by atoms with E-state index in [0.29, 0.717) is 22.4 Å². The molecule has 0 aromatic heterocycles. The Balaban J connectivity index is 1.90. The lowest BCUT2D eigenvalue weighted by atomic mass is 9.69. The Labute approximate surface area is 127 Å². The number of hydrogen-bond acceptors (Lipinski definition) is 2. The number of nitrogens with one attached hydrogen (secondary N) is 1. The summed E-state index contributed by atoms with van der Waals surface area (Å²) in [6.45, 7) is 9.23.